The van der Waals surface area contributed by atoms with E-state index in [0.29, 0.717) is 6.61 Å². The van der Waals surface area contributed by atoms with Crippen molar-refractivity contribution in [3.63, 3.8) is 0 Å². The molecule has 0 amide bonds. The van der Waals surface area contributed by atoms with Crippen molar-refractivity contribution in [1.82, 2.24) is 0 Å². The predicted molar refractivity (Wildman–Crippen MR) is 17.0 cm³/mol. The van der Waals surface area contributed by atoms with Crippen molar-refractivity contribution in [2.75, 3.05) is 6.61 Å². The van der Waals surface area contributed by atoms with Crippen LogP contribution in [0.3, 0.4) is 0 Å². The van der Waals surface area contributed by atoms with Crippen LogP contribution in [0.1, 0.15) is 6.92 Å². The van der Waals surface area contributed by atoms with Crippen molar-refractivity contribution in [2.45, 2.75) is 6.92 Å². The Balaban J connectivity index is 2.83. The summed E-state index contributed by atoms with van der Waals surface area (Å²) in [6, 6.07) is 0. The van der Waals surface area contributed by atoms with E-state index in [1.807, 2.05) is 0 Å². The first kappa shape index (κ1) is 6.18. The van der Waals surface area contributed by atoms with Crippen molar-refractivity contribution < 1.29 is 30.0 Å². The van der Waals surface area contributed by atoms with E-state index in [4.69, 9.17) is 0 Å². The minimum atomic E-state index is -0.211. The first-order valence-corrected chi connectivity index (χ1v) is 2.43. The van der Waals surface area contributed by atoms with Gasteiger partial charge in [0.2, 0.25) is 0 Å². The van der Waals surface area contributed by atoms with E-state index < -0.39 is 0 Å². The number of hydrogen-bond acceptors (Lipinski definition) is 2. The fraction of sp³-hybridized carbons (Fsp3) is 0.667. The maximum absolute atomic E-state index is 9.82. The van der Waals surface area contributed by atoms with Crippen LogP contribution in [0, 0.1) is 0 Å². The molecule has 2 nitrogen and oxygen atoms in total. The van der Waals surface area contributed by atoms with Crippen LogP contribution < -0.4 is 0 Å². The number of carbonyl (C=O) groups is 1. The molecule has 0 bridgehead atoms. The van der Waals surface area contributed by atoms with Crippen LogP contribution in [0.5, 0.6) is 0 Å². The summed E-state index contributed by atoms with van der Waals surface area (Å²) in [4.78, 5) is 9.82. The van der Waals surface area contributed by atoms with Crippen LogP contribution in [-0.4, -0.2) is 10.9 Å². The van der Waals surface area contributed by atoms with Crippen molar-refractivity contribution in [1.29, 1.82) is 0 Å². The molecule has 0 spiro atoms. The van der Waals surface area contributed by atoms with Crippen molar-refractivity contribution in [2.24, 2.45) is 0 Å². The van der Waals surface area contributed by atoms with Gasteiger partial charge in [0.25, 0.3) is 0 Å². The Bertz CT molecular complexity index is 52.8. The quantitative estimate of drug-likeness (QED) is 0.477. The molecule has 0 N–H and O–H groups in total. The van der Waals surface area contributed by atoms with Crippen LogP contribution >= 0.6 is 0 Å². The van der Waals surface area contributed by atoms with Crippen LogP contribution in [-0.2, 0) is 25.2 Å². The second-order valence-corrected chi connectivity index (χ2v) is 1.36. The van der Waals surface area contributed by atoms with Crippen LogP contribution in [0.2, 0.25) is 0 Å². The summed E-state index contributed by atoms with van der Waals surface area (Å²) in [6.45, 7) is 2.26. The molecule has 0 aliphatic carbocycles. The summed E-state index contributed by atoms with van der Waals surface area (Å²) in [7, 11) is 0. The van der Waals surface area contributed by atoms with E-state index >= 15 is 0 Å². The number of hydrogen-bond donors (Lipinski definition) is 0. The van der Waals surface area contributed by atoms with Crippen LogP contribution in [0.25, 0.3) is 0 Å². The molecule has 0 aromatic rings. The summed E-state index contributed by atoms with van der Waals surface area (Å²) >= 11 is 1.39. The first-order chi connectivity index (χ1) is 2.77. The van der Waals surface area contributed by atoms with E-state index in [-0.39, 0.29) is 4.27 Å². The predicted octanol–water partition coefficient (Wildman–Crippen LogP) is 0.690. The Labute approximate surface area is 48.3 Å². The normalized spacial score (nSPS) is 7.33. The molecule has 0 atom stereocenters. The van der Waals surface area contributed by atoms with Crippen molar-refractivity contribution in [3.05, 3.63) is 0 Å². The van der Waals surface area contributed by atoms with Gasteiger partial charge in [-0.05, 0) is 0 Å². The molecule has 3 heteroatoms. The summed E-state index contributed by atoms with van der Waals surface area (Å²) < 4.78 is 4.19. The summed E-state index contributed by atoms with van der Waals surface area (Å²) in [5, 5.41) is 0. The molecular formula is C3H5O2Ti. The van der Waals surface area contributed by atoms with Crippen LogP contribution in [0.15, 0.2) is 0 Å². The fourth-order valence-corrected chi connectivity index (χ4v) is 0.356. The monoisotopic (exact) mass is 121 g/mol. The third-order valence-corrected chi connectivity index (χ3v) is 0.501. The Hall–Kier alpha value is 0.184. The summed E-state index contributed by atoms with van der Waals surface area (Å²) in [5.74, 6) is 0. The molecule has 6 heavy (non-hydrogen) atoms. The first-order valence-electron chi connectivity index (χ1n) is 1.65. The Morgan fingerprint density at radius 2 is 2.50 bits per heavy atom. The van der Waals surface area contributed by atoms with Crippen molar-refractivity contribution in [3.8, 4) is 0 Å². The van der Waals surface area contributed by atoms with E-state index in [1.165, 1.54) is 20.4 Å². The zero-order valence-corrected chi connectivity index (χ0v) is 5.09. The van der Waals surface area contributed by atoms with Gasteiger partial charge in [0.1, 0.15) is 0 Å². The van der Waals surface area contributed by atoms with Gasteiger partial charge >= 0.3 is 47.8 Å². The molecule has 0 saturated carbocycles. The van der Waals surface area contributed by atoms with Gasteiger partial charge in [-0.2, -0.15) is 0 Å². The third-order valence-electron chi connectivity index (χ3n) is 0.275. The number of carbonyl (C=O) groups excluding carboxylic acids is 1. The van der Waals surface area contributed by atoms with Gasteiger partial charge < -0.3 is 0 Å². The van der Waals surface area contributed by atoms with Gasteiger partial charge in [-0.15, -0.1) is 0 Å². The van der Waals surface area contributed by atoms with Gasteiger partial charge in [0.15, 0.2) is 0 Å². The average molecular weight is 121 g/mol. The Kier molecular flexibility index (Phi) is 3.48. The second kappa shape index (κ2) is 3.38. The molecule has 0 heterocycles. The molecule has 0 saturated heterocycles. The average Bonchev–Trinajstić information content (AvgIpc) is 1.35. The molecule has 0 rings (SSSR count). The van der Waals surface area contributed by atoms with Gasteiger partial charge in [0.05, 0.1) is 0 Å². The molecule has 0 radical (unpaired) electrons. The zero-order valence-electron chi connectivity index (χ0n) is 3.52. The minimum absolute atomic E-state index is 0.211. The Morgan fingerprint density at radius 1 is 2.00 bits per heavy atom. The van der Waals surface area contributed by atoms with E-state index in [9.17, 15) is 4.79 Å². The van der Waals surface area contributed by atoms with Crippen LogP contribution in [0.4, 0.5) is 4.79 Å². The fourth-order valence-electron chi connectivity index (χ4n) is 0.131. The molecule has 0 aliphatic heterocycles. The number of rotatable bonds is 1. The van der Waals surface area contributed by atoms with Gasteiger partial charge in [-0.25, -0.2) is 0 Å². The van der Waals surface area contributed by atoms with Gasteiger partial charge in [-0.3, -0.25) is 0 Å². The second-order valence-electron chi connectivity index (χ2n) is 0.720. The number of ether oxygens (including phenoxy) is 1. The Morgan fingerprint density at radius 3 is 2.50 bits per heavy atom. The van der Waals surface area contributed by atoms with Gasteiger partial charge in [-0.1, -0.05) is 0 Å². The molecule has 0 fully saturated rings. The SMILES string of the molecule is CCO[C](=O)[Ti]. The standard InChI is InChI=1S/C3H5O2.Ti/c1-2-5-3-4;/h2H2,1H3;. The van der Waals surface area contributed by atoms with E-state index in [0.717, 1.165) is 0 Å². The third kappa shape index (κ3) is 4.18. The maximum atomic E-state index is 9.82. The molecule has 0 unspecified atom stereocenters. The topological polar surface area (TPSA) is 26.3 Å². The molecule has 33 valence electrons. The summed E-state index contributed by atoms with van der Waals surface area (Å²) in [6.07, 6.45) is 0. The van der Waals surface area contributed by atoms with Crippen molar-refractivity contribution >= 4 is 4.27 Å². The summed E-state index contributed by atoms with van der Waals surface area (Å²) in [5.41, 5.74) is 0. The molecule has 0 aliphatic rings. The van der Waals surface area contributed by atoms with Gasteiger partial charge in [0, 0.05) is 0 Å². The van der Waals surface area contributed by atoms with E-state index in [1.54, 1.807) is 6.92 Å². The van der Waals surface area contributed by atoms with E-state index in [2.05, 4.69) is 4.74 Å². The zero-order chi connectivity index (χ0) is 4.99. The molecule has 0 aromatic heterocycles. The molecule has 0 aromatic carbocycles. The molecular weight excluding hydrogens is 116 g/mol.